The van der Waals surface area contributed by atoms with Crippen LogP contribution in [-0.4, -0.2) is 37.4 Å². The molecule has 5 heteroatoms. The molecule has 0 saturated carbocycles. The van der Waals surface area contributed by atoms with Crippen molar-refractivity contribution < 1.29 is 24.2 Å². The molecule has 0 aromatic heterocycles. The summed E-state index contributed by atoms with van der Waals surface area (Å²) in [7, 11) is 1.33. The molecule has 16 heavy (non-hydrogen) atoms. The Morgan fingerprint density at radius 2 is 1.56 bits per heavy atom. The molecule has 1 N–H and O–H groups in total. The lowest BCUT2D eigenvalue weighted by Crippen LogP contribution is -2.08. The van der Waals surface area contributed by atoms with Crippen LogP contribution in [0.1, 0.15) is 13.8 Å². The number of rotatable bonds is 4. The minimum absolute atomic E-state index is 0.0473. The molecule has 0 rings (SSSR count). The number of hydrogen-bond donors (Lipinski definition) is 1. The van der Waals surface area contributed by atoms with E-state index in [4.69, 9.17) is 5.11 Å². The van der Waals surface area contributed by atoms with Crippen molar-refractivity contribution >= 4 is 11.9 Å². The largest absolute Gasteiger partial charge is 0.466 e. The van der Waals surface area contributed by atoms with Gasteiger partial charge in [0.1, 0.15) is 6.61 Å². The number of carbonyl (C=O) groups is 2. The fourth-order valence-corrected chi connectivity index (χ4v) is 0.436. The van der Waals surface area contributed by atoms with Gasteiger partial charge in [0.2, 0.25) is 0 Å². The Labute approximate surface area is 95.4 Å². The van der Waals surface area contributed by atoms with Gasteiger partial charge in [-0.2, -0.15) is 0 Å². The SMILES string of the molecule is C=C(C)C(=O)OC.C=C(C)C(=O)OCCO. The van der Waals surface area contributed by atoms with Crippen molar-refractivity contribution in [3.05, 3.63) is 24.3 Å². The average molecular weight is 230 g/mol. The summed E-state index contributed by atoms with van der Waals surface area (Å²) in [4.78, 5) is 20.7. The lowest BCUT2D eigenvalue weighted by molar-refractivity contribution is -0.140. The maximum atomic E-state index is 10.5. The maximum Gasteiger partial charge on any atom is 0.333 e. The van der Waals surface area contributed by atoms with E-state index in [0.29, 0.717) is 11.1 Å². The first-order valence-electron chi connectivity index (χ1n) is 4.54. The summed E-state index contributed by atoms with van der Waals surface area (Å²) >= 11 is 0. The predicted octanol–water partition coefficient (Wildman–Crippen LogP) is 0.833. The first-order valence-corrected chi connectivity index (χ1v) is 4.54. The van der Waals surface area contributed by atoms with E-state index in [9.17, 15) is 9.59 Å². The van der Waals surface area contributed by atoms with Crippen molar-refractivity contribution in [1.29, 1.82) is 0 Å². The Morgan fingerprint density at radius 3 is 1.75 bits per heavy atom. The number of carbonyl (C=O) groups excluding carboxylic acids is 2. The van der Waals surface area contributed by atoms with Crippen LogP contribution in [0.3, 0.4) is 0 Å². The molecule has 0 fully saturated rings. The van der Waals surface area contributed by atoms with Gasteiger partial charge >= 0.3 is 11.9 Å². The third-order valence-corrected chi connectivity index (χ3v) is 1.21. The van der Waals surface area contributed by atoms with E-state index < -0.39 is 5.97 Å². The highest BCUT2D eigenvalue weighted by Crippen LogP contribution is 1.90. The van der Waals surface area contributed by atoms with Crippen LogP contribution in [0.2, 0.25) is 0 Å². The minimum Gasteiger partial charge on any atom is -0.466 e. The van der Waals surface area contributed by atoms with Gasteiger partial charge in [-0.25, -0.2) is 9.59 Å². The molecule has 92 valence electrons. The average Bonchev–Trinajstić information content (AvgIpc) is 2.25. The van der Waals surface area contributed by atoms with Crippen LogP contribution in [-0.2, 0) is 19.1 Å². The van der Waals surface area contributed by atoms with Crippen LogP contribution in [0, 0.1) is 0 Å². The Hall–Kier alpha value is -1.62. The topological polar surface area (TPSA) is 72.8 Å². The molecule has 0 bridgehead atoms. The third kappa shape index (κ3) is 10.5. The summed E-state index contributed by atoms with van der Waals surface area (Å²) in [5.41, 5.74) is 0.783. The smallest absolute Gasteiger partial charge is 0.333 e. The number of aliphatic hydroxyl groups is 1. The highest BCUT2D eigenvalue weighted by Gasteiger charge is 1.99. The zero-order valence-corrected chi connectivity index (χ0v) is 9.91. The van der Waals surface area contributed by atoms with Crippen molar-refractivity contribution in [2.75, 3.05) is 20.3 Å². The molecule has 0 heterocycles. The Bertz CT molecular complexity index is 268. The van der Waals surface area contributed by atoms with E-state index >= 15 is 0 Å². The second kappa shape index (κ2) is 9.92. The van der Waals surface area contributed by atoms with E-state index in [0.717, 1.165) is 0 Å². The zero-order chi connectivity index (χ0) is 13.1. The molecular weight excluding hydrogens is 212 g/mol. The predicted molar refractivity (Wildman–Crippen MR) is 59.7 cm³/mol. The summed E-state index contributed by atoms with van der Waals surface area (Å²) in [6.45, 7) is 9.77. The Balaban J connectivity index is 0. The highest BCUT2D eigenvalue weighted by molar-refractivity contribution is 5.87. The molecule has 0 saturated heterocycles. The molecular formula is C11H18O5. The molecule has 0 aromatic carbocycles. The zero-order valence-electron chi connectivity index (χ0n) is 9.91. The first-order chi connectivity index (χ1) is 7.36. The van der Waals surface area contributed by atoms with Crippen LogP contribution in [0.4, 0.5) is 0 Å². The van der Waals surface area contributed by atoms with Gasteiger partial charge < -0.3 is 14.6 Å². The van der Waals surface area contributed by atoms with E-state index in [1.807, 2.05) is 0 Å². The lowest BCUT2D eigenvalue weighted by atomic mass is 10.4. The monoisotopic (exact) mass is 230 g/mol. The molecule has 0 aromatic rings. The maximum absolute atomic E-state index is 10.5. The van der Waals surface area contributed by atoms with Gasteiger partial charge in [-0.15, -0.1) is 0 Å². The van der Waals surface area contributed by atoms with Gasteiger partial charge in [0.15, 0.2) is 0 Å². The quantitative estimate of drug-likeness (QED) is 0.572. The molecule has 0 radical (unpaired) electrons. The van der Waals surface area contributed by atoms with Gasteiger partial charge in [0, 0.05) is 11.1 Å². The van der Waals surface area contributed by atoms with Crippen LogP contribution in [0.5, 0.6) is 0 Å². The molecule has 0 amide bonds. The summed E-state index contributed by atoms with van der Waals surface area (Å²) in [6.07, 6.45) is 0. The molecule has 0 atom stereocenters. The Kier molecular flexibility index (Phi) is 10.4. The molecule has 0 spiro atoms. The number of hydrogen-bond acceptors (Lipinski definition) is 5. The van der Waals surface area contributed by atoms with Gasteiger partial charge in [0.25, 0.3) is 0 Å². The number of ether oxygens (including phenoxy) is 2. The van der Waals surface area contributed by atoms with Gasteiger partial charge in [0.05, 0.1) is 13.7 Å². The first kappa shape index (κ1) is 16.8. The highest BCUT2D eigenvalue weighted by atomic mass is 16.5. The second-order valence-electron chi connectivity index (χ2n) is 2.91. The van der Waals surface area contributed by atoms with Crippen LogP contribution in [0.25, 0.3) is 0 Å². The number of esters is 2. The molecule has 5 nitrogen and oxygen atoms in total. The standard InChI is InChI=1S/C6H10O3.C5H8O2/c1-5(2)6(8)9-4-3-7;1-4(2)5(6)7-3/h7H,1,3-4H2,2H3;1H2,2-3H3. The second-order valence-corrected chi connectivity index (χ2v) is 2.91. The number of methoxy groups -OCH3 is 1. The van der Waals surface area contributed by atoms with E-state index in [-0.39, 0.29) is 19.2 Å². The Morgan fingerprint density at radius 1 is 1.12 bits per heavy atom. The van der Waals surface area contributed by atoms with E-state index in [1.165, 1.54) is 7.11 Å². The van der Waals surface area contributed by atoms with E-state index in [2.05, 4.69) is 22.6 Å². The van der Waals surface area contributed by atoms with Crippen LogP contribution in [0.15, 0.2) is 24.3 Å². The third-order valence-electron chi connectivity index (χ3n) is 1.21. The minimum atomic E-state index is -0.455. The lowest BCUT2D eigenvalue weighted by Gasteiger charge is -1.99. The fraction of sp³-hybridized carbons (Fsp3) is 0.455. The van der Waals surface area contributed by atoms with Crippen molar-refractivity contribution in [3.8, 4) is 0 Å². The van der Waals surface area contributed by atoms with Crippen LogP contribution < -0.4 is 0 Å². The van der Waals surface area contributed by atoms with Crippen molar-refractivity contribution in [3.63, 3.8) is 0 Å². The number of aliphatic hydroxyl groups excluding tert-OH is 1. The molecule has 0 aliphatic heterocycles. The van der Waals surface area contributed by atoms with Crippen LogP contribution >= 0.6 is 0 Å². The van der Waals surface area contributed by atoms with E-state index in [1.54, 1.807) is 13.8 Å². The fourth-order valence-electron chi connectivity index (χ4n) is 0.436. The van der Waals surface area contributed by atoms with Crippen molar-refractivity contribution in [2.45, 2.75) is 13.8 Å². The molecule has 0 aliphatic rings. The van der Waals surface area contributed by atoms with Gasteiger partial charge in [-0.3, -0.25) is 0 Å². The van der Waals surface area contributed by atoms with Gasteiger partial charge in [-0.1, -0.05) is 13.2 Å². The van der Waals surface area contributed by atoms with Crippen molar-refractivity contribution in [1.82, 2.24) is 0 Å². The normalized spacial score (nSPS) is 8.25. The molecule has 0 unspecified atom stereocenters. The summed E-state index contributed by atoms with van der Waals surface area (Å²) < 4.78 is 8.74. The summed E-state index contributed by atoms with van der Waals surface area (Å²) in [6, 6.07) is 0. The van der Waals surface area contributed by atoms with Gasteiger partial charge in [-0.05, 0) is 13.8 Å². The summed E-state index contributed by atoms with van der Waals surface area (Å²) in [5.74, 6) is -0.802. The molecule has 0 aliphatic carbocycles. The van der Waals surface area contributed by atoms with Crippen molar-refractivity contribution in [2.24, 2.45) is 0 Å². The summed E-state index contributed by atoms with van der Waals surface area (Å²) in [5, 5.41) is 8.19.